The quantitative estimate of drug-likeness (QED) is 0.316. The van der Waals surface area contributed by atoms with Gasteiger partial charge in [0.2, 0.25) is 6.41 Å². The molecule has 0 aromatic heterocycles. The molecule has 0 radical (unpaired) electrons. The first-order valence-corrected chi connectivity index (χ1v) is 6.98. The summed E-state index contributed by atoms with van der Waals surface area (Å²) in [5, 5.41) is 14.8. The van der Waals surface area contributed by atoms with E-state index in [1.165, 1.54) is 0 Å². The SMILES string of the molecule is CC[C@H](NNC=O)[C@@H](C)OCc1ccccc1.O=C(O)C(=O)O. The highest BCUT2D eigenvalue weighted by atomic mass is 16.5. The Morgan fingerprint density at radius 1 is 1.22 bits per heavy atom. The third kappa shape index (κ3) is 9.99. The van der Waals surface area contributed by atoms with Crippen molar-refractivity contribution in [1.82, 2.24) is 10.9 Å². The van der Waals surface area contributed by atoms with Crippen molar-refractivity contribution in [2.24, 2.45) is 0 Å². The first-order chi connectivity index (χ1) is 10.9. The Morgan fingerprint density at radius 3 is 2.22 bits per heavy atom. The number of amides is 1. The summed E-state index contributed by atoms with van der Waals surface area (Å²) >= 11 is 0. The van der Waals surface area contributed by atoms with Gasteiger partial charge in [0.25, 0.3) is 0 Å². The summed E-state index contributed by atoms with van der Waals surface area (Å²) in [5.41, 5.74) is 6.53. The molecule has 0 aliphatic rings. The van der Waals surface area contributed by atoms with Crippen molar-refractivity contribution in [1.29, 1.82) is 0 Å². The lowest BCUT2D eigenvalue weighted by atomic mass is 10.1. The maximum absolute atomic E-state index is 10.2. The monoisotopic (exact) mass is 326 g/mol. The van der Waals surface area contributed by atoms with Crippen LogP contribution in [0.5, 0.6) is 0 Å². The molecule has 23 heavy (non-hydrogen) atoms. The number of hydrazine groups is 1. The molecule has 8 heteroatoms. The Labute approximate surface area is 134 Å². The molecule has 1 amide bonds. The molecule has 0 fully saturated rings. The first-order valence-electron chi connectivity index (χ1n) is 6.98. The summed E-state index contributed by atoms with van der Waals surface area (Å²) in [5.74, 6) is -3.65. The lowest BCUT2D eigenvalue weighted by Gasteiger charge is -2.23. The maximum Gasteiger partial charge on any atom is 0.414 e. The second-order valence-electron chi connectivity index (χ2n) is 4.53. The van der Waals surface area contributed by atoms with Crippen molar-refractivity contribution < 1.29 is 29.3 Å². The van der Waals surface area contributed by atoms with Gasteiger partial charge < -0.3 is 14.9 Å². The molecule has 2 atom stereocenters. The van der Waals surface area contributed by atoms with Crippen LogP contribution in [0.3, 0.4) is 0 Å². The van der Waals surface area contributed by atoms with Crippen molar-refractivity contribution in [2.75, 3.05) is 0 Å². The van der Waals surface area contributed by atoms with Crippen LogP contribution in [0, 0.1) is 0 Å². The minimum absolute atomic E-state index is 0.0349. The highest BCUT2D eigenvalue weighted by molar-refractivity contribution is 6.27. The predicted molar refractivity (Wildman–Crippen MR) is 82.4 cm³/mol. The zero-order chi connectivity index (χ0) is 17.7. The molecular formula is C15H22N2O6. The summed E-state index contributed by atoms with van der Waals surface area (Å²) in [6.45, 7) is 4.63. The average Bonchev–Trinajstić information content (AvgIpc) is 2.55. The molecule has 0 bridgehead atoms. The van der Waals surface area contributed by atoms with Crippen LogP contribution < -0.4 is 10.9 Å². The molecule has 0 aliphatic carbocycles. The minimum Gasteiger partial charge on any atom is -0.473 e. The number of carbonyl (C=O) groups is 3. The van der Waals surface area contributed by atoms with Gasteiger partial charge in [0, 0.05) is 0 Å². The molecule has 1 rings (SSSR count). The number of carboxylic acid groups (broad SMARTS) is 2. The predicted octanol–water partition coefficient (Wildman–Crippen LogP) is 0.776. The largest absolute Gasteiger partial charge is 0.473 e. The van der Waals surface area contributed by atoms with Crippen molar-refractivity contribution >= 4 is 18.3 Å². The normalized spacial score (nSPS) is 12.3. The lowest BCUT2D eigenvalue weighted by Crippen LogP contribution is -2.46. The van der Waals surface area contributed by atoms with Crippen molar-refractivity contribution in [3.8, 4) is 0 Å². The highest BCUT2D eigenvalue weighted by Gasteiger charge is 2.15. The minimum atomic E-state index is -1.82. The number of hydrogen-bond acceptors (Lipinski definition) is 5. The van der Waals surface area contributed by atoms with Crippen molar-refractivity contribution in [3.05, 3.63) is 35.9 Å². The number of carbonyl (C=O) groups excluding carboxylic acids is 1. The number of nitrogens with one attached hydrogen (secondary N) is 2. The third-order valence-electron chi connectivity index (χ3n) is 2.87. The number of carboxylic acids is 2. The Kier molecular flexibility index (Phi) is 10.8. The molecule has 0 spiro atoms. The zero-order valence-electron chi connectivity index (χ0n) is 13.1. The molecule has 1 aromatic rings. The zero-order valence-corrected chi connectivity index (χ0v) is 13.1. The Morgan fingerprint density at radius 2 is 1.78 bits per heavy atom. The van der Waals surface area contributed by atoms with Gasteiger partial charge in [0.1, 0.15) is 0 Å². The standard InChI is InChI=1S/C13H20N2O2.C2H2O4/c1-3-13(15-14-10-16)11(2)17-9-12-7-5-4-6-8-12;3-1(4)2(5)6/h4-8,10-11,13,15H,3,9H2,1-2H3,(H,14,16);(H,3,4)(H,5,6)/t11-,13+;/m1./s1. The number of benzene rings is 1. The molecule has 8 nitrogen and oxygen atoms in total. The molecule has 0 saturated heterocycles. The fraction of sp³-hybridized carbons (Fsp3) is 0.400. The Balaban J connectivity index is 0.000000688. The number of aliphatic carboxylic acids is 2. The van der Waals surface area contributed by atoms with E-state index in [0.29, 0.717) is 13.0 Å². The third-order valence-corrected chi connectivity index (χ3v) is 2.87. The van der Waals surface area contributed by atoms with Crippen molar-refractivity contribution in [3.63, 3.8) is 0 Å². The van der Waals surface area contributed by atoms with Crippen LogP contribution in [0.25, 0.3) is 0 Å². The van der Waals surface area contributed by atoms with E-state index in [-0.39, 0.29) is 12.1 Å². The van der Waals surface area contributed by atoms with Gasteiger partial charge in [-0.1, -0.05) is 37.3 Å². The molecule has 128 valence electrons. The second kappa shape index (κ2) is 12.1. The van der Waals surface area contributed by atoms with Gasteiger partial charge in [-0.2, -0.15) is 0 Å². The summed E-state index contributed by atoms with van der Waals surface area (Å²) in [6, 6.07) is 10.1. The van der Waals surface area contributed by atoms with E-state index < -0.39 is 11.9 Å². The van der Waals surface area contributed by atoms with E-state index in [4.69, 9.17) is 24.5 Å². The van der Waals surface area contributed by atoms with Crippen molar-refractivity contribution in [2.45, 2.75) is 39.0 Å². The lowest BCUT2D eigenvalue weighted by molar-refractivity contribution is -0.159. The molecule has 4 N–H and O–H groups in total. The maximum atomic E-state index is 10.2. The summed E-state index contributed by atoms with van der Waals surface area (Å²) in [4.78, 5) is 28.4. The average molecular weight is 326 g/mol. The summed E-state index contributed by atoms with van der Waals surface area (Å²) in [7, 11) is 0. The molecule has 0 aliphatic heterocycles. The van der Waals surface area contributed by atoms with Crippen LogP contribution in [0.15, 0.2) is 30.3 Å². The first kappa shape index (κ1) is 20.6. The van der Waals surface area contributed by atoms with E-state index in [1.54, 1.807) is 0 Å². The second-order valence-corrected chi connectivity index (χ2v) is 4.53. The number of rotatable bonds is 8. The van der Waals surface area contributed by atoms with E-state index in [0.717, 1.165) is 12.0 Å². The fourth-order valence-electron chi connectivity index (χ4n) is 1.61. The Bertz CT molecular complexity index is 468. The number of ether oxygens (including phenoxy) is 1. The van der Waals surface area contributed by atoms with E-state index in [1.807, 2.05) is 44.2 Å². The van der Waals surface area contributed by atoms with Crippen LogP contribution in [0.2, 0.25) is 0 Å². The summed E-state index contributed by atoms with van der Waals surface area (Å²) in [6.07, 6.45) is 1.55. The van der Waals surface area contributed by atoms with Crippen LogP contribution in [-0.4, -0.2) is 40.7 Å². The molecule has 0 saturated carbocycles. The fourth-order valence-corrected chi connectivity index (χ4v) is 1.61. The van der Waals surface area contributed by atoms with Gasteiger partial charge >= 0.3 is 11.9 Å². The van der Waals surface area contributed by atoms with E-state index >= 15 is 0 Å². The molecule has 1 aromatic carbocycles. The van der Waals surface area contributed by atoms with Crippen LogP contribution >= 0.6 is 0 Å². The van der Waals surface area contributed by atoms with Gasteiger partial charge in [0.05, 0.1) is 18.8 Å². The van der Waals surface area contributed by atoms with Gasteiger partial charge in [-0.05, 0) is 18.9 Å². The van der Waals surface area contributed by atoms with Gasteiger partial charge in [-0.3, -0.25) is 10.2 Å². The van der Waals surface area contributed by atoms with E-state index in [2.05, 4.69) is 10.9 Å². The van der Waals surface area contributed by atoms with Gasteiger partial charge in [-0.15, -0.1) is 0 Å². The smallest absolute Gasteiger partial charge is 0.414 e. The molecule has 0 unspecified atom stereocenters. The number of hydrogen-bond donors (Lipinski definition) is 4. The van der Waals surface area contributed by atoms with Crippen LogP contribution in [0.4, 0.5) is 0 Å². The van der Waals surface area contributed by atoms with Gasteiger partial charge in [-0.25, -0.2) is 15.0 Å². The molecular weight excluding hydrogens is 304 g/mol. The Hall–Kier alpha value is -2.45. The van der Waals surface area contributed by atoms with Crippen LogP contribution in [0.1, 0.15) is 25.8 Å². The summed E-state index contributed by atoms with van der Waals surface area (Å²) < 4.78 is 5.76. The van der Waals surface area contributed by atoms with Gasteiger partial charge in [0.15, 0.2) is 0 Å². The van der Waals surface area contributed by atoms with E-state index in [9.17, 15) is 4.79 Å². The highest BCUT2D eigenvalue weighted by Crippen LogP contribution is 2.07. The topological polar surface area (TPSA) is 125 Å². The molecule has 0 heterocycles. The van der Waals surface area contributed by atoms with Crippen LogP contribution in [-0.2, 0) is 25.7 Å².